The molecule has 180 valence electrons. The van der Waals surface area contributed by atoms with Gasteiger partial charge in [0.2, 0.25) is 0 Å². The Kier molecular flexibility index (Phi) is 6.75. The maximum atomic E-state index is 13.0. The van der Waals surface area contributed by atoms with Crippen LogP contribution in [0.5, 0.6) is 0 Å². The van der Waals surface area contributed by atoms with Gasteiger partial charge in [-0.1, -0.05) is 11.6 Å². The van der Waals surface area contributed by atoms with Crippen LogP contribution in [0.2, 0.25) is 5.02 Å². The molecule has 4 aromatic heterocycles. The summed E-state index contributed by atoms with van der Waals surface area (Å²) in [6.45, 7) is 1.66. The summed E-state index contributed by atoms with van der Waals surface area (Å²) < 4.78 is 40.7. The molecule has 4 aromatic rings. The van der Waals surface area contributed by atoms with Crippen molar-refractivity contribution in [1.29, 1.82) is 0 Å². The molecule has 4 heterocycles. The van der Waals surface area contributed by atoms with Crippen LogP contribution in [-0.4, -0.2) is 41.3 Å². The largest absolute Gasteiger partial charge is 0.418 e. The summed E-state index contributed by atoms with van der Waals surface area (Å²) in [4.78, 5) is 45.0. The van der Waals surface area contributed by atoms with Gasteiger partial charge < -0.3 is 10.6 Å². The molecule has 0 spiro atoms. The molecule has 0 aliphatic heterocycles. The highest BCUT2D eigenvalue weighted by molar-refractivity contribution is 7.13. The van der Waals surface area contributed by atoms with Gasteiger partial charge in [0.25, 0.3) is 11.8 Å². The lowest BCUT2D eigenvalue weighted by molar-refractivity contribution is -0.137. The minimum Gasteiger partial charge on any atom is -0.342 e. The van der Waals surface area contributed by atoms with E-state index < -0.39 is 34.6 Å². The average molecular weight is 523 g/mol. The summed E-state index contributed by atoms with van der Waals surface area (Å²) in [6.07, 6.45) is 3.36. The molecule has 0 saturated heterocycles. The maximum Gasteiger partial charge on any atom is 0.418 e. The Balaban J connectivity index is 1.42. The number of carbonyl (C=O) groups excluding carboxylic acids is 2. The Bertz CT molecular complexity index is 1380. The Morgan fingerprint density at radius 3 is 2.63 bits per heavy atom. The van der Waals surface area contributed by atoms with Gasteiger partial charge in [0.1, 0.15) is 39.9 Å². The number of pyridine rings is 1. The quantitative estimate of drug-likeness (QED) is 0.392. The Hall–Kier alpha value is -3.91. The van der Waals surface area contributed by atoms with E-state index in [-0.39, 0.29) is 16.4 Å². The molecular formula is C20H14ClF3N8O2S. The molecule has 10 nitrogen and oxygen atoms in total. The lowest BCUT2D eigenvalue weighted by Gasteiger charge is -2.11. The third-order valence-corrected chi connectivity index (χ3v) is 6.00. The van der Waals surface area contributed by atoms with Crippen LogP contribution in [0.3, 0.4) is 0 Å². The fourth-order valence-corrected chi connectivity index (χ4v) is 3.86. The fourth-order valence-electron chi connectivity index (χ4n) is 2.83. The van der Waals surface area contributed by atoms with Crippen LogP contribution in [0.4, 0.5) is 19.0 Å². The molecule has 0 radical (unpaired) electrons. The Labute approximate surface area is 204 Å². The predicted octanol–water partition coefficient (Wildman–Crippen LogP) is 3.93. The van der Waals surface area contributed by atoms with Gasteiger partial charge in [0, 0.05) is 24.7 Å². The van der Waals surface area contributed by atoms with Gasteiger partial charge in [-0.3, -0.25) is 14.2 Å². The van der Waals surface area contributed by atoms with Crippen molar-refractivity contribution in [2.45, 2.75) is 19.1 Å². The molecule has 2 N–H and O–H groups in total. The zero-order valence-corrected chi connectivity index (χ0v) is 19.2. The van der Waals surface area contributed by atoms with Crippen LogP contribution in [0.1, 0.15) is 43.7 Å². The smallest absolute Gasteiger partial charge is 0.342 e. The summed E-state index contributed by atoms with van der Waals surface area (Å²) in [7, 11) is 0. The van der Waals surface area contributed by atoms with Crippen LogP contribution in [-0.2, 0) is 6.18 Å². The molecule has 0 saturated carbocycles. The van der Waals surface area contributed by atoms with E-state index in [1.807, 2.05) is 0 Å². The van der Waals surface area contributed by atoms with Gasteiger partial charge in [0.05, 0.1) is 22.8 Å². The van der Waals surface area contributed by atoms with Crippen molar-refractivity contribution in [2.24, 2.45) is 0 Å². The van der Waals surface area contributed by atoms with E-state index in [9.17, 15) is 22.8 Å². The van der Waals surface area contributed by atoms with Crippen LogP contribution in [0, 0.1) is 0 Å². The summed E-state index contributed by atoms with van der Waals surface area (Å²) in [5.74, 6) is -1.07. The van der Waals surface area contributed by atoms with E-state index in [4.69, 9.17) is 11.6 Å². The second-order valence-corrected chi connectivity index (χ2v) is 8.46. The number of thiazole rings is 1. The number of nitrogens with one attached hydrogen (secondary N) is 2. The molecule has 1 unspecified atom stereocenters. The Morgan fingerprint density at radius 1 is 1.11 bits per heavy atom. The number of hydrogen-bond donors (Lipinski definition) is 2. The highest BCUT2D eigenvalue weighted by atomic mass is 35.5. The van der Waals surface area contributed by atoms with Gasteiger partial charge in [-0.2, -0.15) is 13.2 Å². The number of rotatable bonds is 6. The van der Waals surface area contributed by atoms with Crippen molar-refractivity contribution in [3.8, 4) is 5.82 Å². The normalized spacial score (nSPS) is 12.3. The van der Waals surface area contributed by atoms with Gasteiger partial charge in [0.15, 0.2) is 0 Å². The summed E-state index contributed by atoms with van der Waals surface area (Å²) in [5, 5.41) is 4.83. The van der Waals surface area contributed by atoms with Gasteiger partial charge >= 0.3 is 6.18 Å². The second kappa shape index (κ2) is 9.76. The topological polar surface area (TPSA) is 128 Å². The molecule has 0 aliphatic rings. The van der Waals surface area contributed by atoms with Crippen molar-refractivity contribution in [3.05, 3.63) is 75.7 Å². The van der Waals surface area contributed by atoms with Crippen molar-refractivity contribution in [2.75, 3.05) is 5.32 Å². The van der Waals surface area contributed by atoms with E-state index in [1.165, 1.54) is 24.9 Å². The van der Waals surface area contributed by atoms with E-state index in [0.29, 0.717) is 16.9 Å². The second-order valence-electron chi connectivity index (χ2n) is 6.99. The van der Waals surface area contributed by atoms with Crippen LogP contribution in [0.25, 0.3) is 5.82 Å². The molecular weight excluding hydrogens is 509 g/mol. The summed E-state index contributed by atoms with van der Waals surface area (Å²) >= 11 is 6.50. The number of nitrogens with zero attached hydrogens (tertiary/aromatic N) is 6. The first-order valence-electron chi connectivity index (χ1n) is 9.73. The van der Waals surface area contributed by atoms with Crippen molar-refractivity contribution in [3.63, 3.8) is 0 Å². The maximum absolute atomic E-state index is 13.0. The molecule has 0 aromatic carbocycles. The van der Waals surface area contributed by atoms with E-state index in [1.54, 1.807) is 23.9 Å². The minimum atomic E-state index is -4.70. The molecule has 0 bridgehead atoms. The van der Waals surface area contributed by atoms with E-state index >= 15 is 0 Å². The number of amides is 2. The SMILES string of the molecule is CC(NC(=O)c1cc(-n2ccnc2)ncn1)c1ncc(C(=O)Nc2cc(C(F)(F)F)c(Cl)cn2)s1. The van der Waals surface area contributed by atoms with Crippen LogP contribution < -0.4 is 10.6 Å². The molecule has 35 heavy (non-hydrogen) atoms. The molecule has 0 fully saturated rings. The van der Waals surface area contributed by atoms with Gasteiger partial charge in [-0.25, -0.2) is 24.9 Å². The van der Waals surface area contributed by atoms with Crippen LogP contribution >= 0.6 is 22.9 Å². The lowest BCUT2D eigenvalue weighted by atomic mass is 10.2. The molecule has 15 heteroatoms. The van der Waals surface area contributed by atoms with Crippen molar-refractivity contribution in [1.82, 2.24) is 34.8 Å². The van der Waals surface area contributed by atoms with Gasteiger partial charge in [-0.15, -0.1) is 11.3 Å². The molecule has 4 rings (SSSR count). The van der Waals surface area contributed by atoms with Crippen molar-refractivity contribution < 1.29 is 22.8 Å². The third kappa shape index (κ3) is 5.60. The van der Waals surface area contributed by atoms with Crippen LogP contribution in [0.15, 0.2) is 49.6 Å². The first-order valence-corrected chi connectivity index (χ1v) is 10.9. The van der Waals surface area contributed by atoms with Gasteiger partial charge in [-0.05, 0) is 13.0 Å². The average Bonchev–Trinajstić information content (AvgIpc) is 3.52. The van der Waals surface area contributed by atoms with E-state index in [0.717, 1.165) is 17.5 Å². The van der Waals surface area contributed by atoms with E-state index in [2.05, 4.69) is 35.6 Å². The lowest BCUT2D eigenvalue weighted by Crippen LogP contribution is -2.27. The first-order chi connectivity index (χ1) is 16.6. The first kappa shape index (κ1) is 24.2. The third-order valence-electron chi connectivity index (χ3n) is 4.52. The number of carbonyl (C=O) groups is 2. The predicted molar refractivity (Wildman–Crippen MR) is 119 cm³/mol. The fraction of sp³-hybridized carbons (Fsp3) is 0.150. The summed E-state index contributed by atoms with van der Waals surface area (Å²) in [6, 6.07) is 1.54. The Morgan fingerprint density at radius 2 is 1.91 bits per heavy atom. The monoisotopic (exact) mass is 522 g/mol. The number of imidazole rings is 1. The number of anilines is 1. The number of hydrogen-bond acceptors (Lipinski definition) is 8. The highest BCUT2D eigenvalue weighted by Crippen LogP contribution is 2.35. The molecule has 2 amide bonds. The number of halogens is 4. The minimum absolute atomic E-state index is 0.107. The molecule has 0 aliphatic carbocycles. The highest BCUT2D eigenvalue weighted by Gasteiger charge is 2.34. The molecule has 1 atom stereocenters. The summed E-state index contributed by atoms with van der Waals surface area (Å²) in [5.41, 5.74) is -1.01. The standard InChI is InChI=1S/C20H14ClF3N8O2S/c1-10(30-17(33)13-5-16(29-8-28-13)32-3-2-25-9-32)19-27-7-14(35-19)18(34)31-15-4-11(20(22,23)24)12(21)6-26-15/h2-10H,1H3,(H,30,33)(H,26,31,34). The zero-order chi connectivity index (χ0) is 25.2. The zero-order valence-electron chi connectivity index (χ0n) is 17.6. The number of alkyl halides is 3. The number of aromatic nitrogens is 6. The van der Waals surface area contributed by atoms with Crippen molar-refractivity contribution >= 4 is 40.6 Å².